The van der Waals surface area contributed by atoms with Gasteiger partial charge in [-0.15, -0.1) is 0 Å². The van der Waals surface area contributed by atoms with Crippen molar-refractivity contribution >= 4 is 52.2 Å². The second-order valence-corrected chi connectivity index (χ2v) is 6.89. The van der Waals surface area contributed by atoms with Gasteiger partial charge in [0.2, 0.25) is 0 Å². The second kappa shape index (κ2) is 7.45. The van der Waals surface area contributed by atoms with E-state index in [1.54, 1.807) is 43.4 Å². The molecular weight excluding hydrogens is 377 g/mol. The average Bonchev–Trinajstić information content (AvgIpc) is 2.81. The molecule has 1 aliphatic rings. The molecule has 3 rings (SSSR count). The highest BCUT2D eigenvalue weighted by molar-refractivity contribution is 6.52. The summed E-state index contributed by atoms with van der Waals surface area (Å²) in [5.74, 6) is -1.45. The van der Waals surface area contributed by atoms with Crippen LogP contribution in [0.2, 0.25) is 10.0 Å². The summed E-state index contributed by atoms with van der Waals surface area (Å²) >= 11 is 11.9. The van der Waals surface area contributed by atoms with E-state index >= 15 is 0 Å². The van der Waals surface area contributed by atoms with E-state index in [1.807, 2.05) is 0 Å². The van der Waals surface area contributed by atoms with Gasteiger partial charge in [-0.3, -0.25) is 19.3 Å². The Bertz CT molecular complexity index is 901. The van der Waals surface area contributed by atoms with Crippen molar-refractivity contribution in [2.45, 2.75) is 0 Å². The van der Waals surface area contributed by atoms with Gasteiger partial charge >= 0.3 is 5.91 Å². The first-order valence-corrected chi connectivity index (χ1v) is 8.64. The van der Waals surface area contributed by atoms with Crippen LogP contribution in [0.15, 0.2) is 42.5 Å². The quantitative estimate of drug-likeness (QED) is 0.759. The molecule has 8 heteroatoms. The van der Waals surface area contributed by atoms with Crippen molar-refractivity contribution in [1.82, 2.24) is 0 Å². The maximum absolute atomic E-state index is 12.2. The van der Waals surface area contributed by atoms with Crippen LogP contribution in [0.1, 0.15) is 10.4 Å². The minimum absolute atomic E-state index is 0.103. The second-order valence-electron chi connectivity index (χ2n) is 6.04. The minimum Gasteiger partial charge on any atom is -0.320 e. The van der Waals surface area contributed by atoms with Gasteiger partial charge in [-0.2, -0.15) is 0 Å². The van der Waals surface area contributed by atoms with Gasteiger partial charge < -0.3 is 10.2 Å². The number of quaternary nitrogens is 1. The summed E-state index contributed by atoms with van der Waals surface area (Å²) in [7, 11) is 1.76. The van der Waals surface area contributed by atoms with Crippen molar-refractivity contribution in [2.24, 2.45) is 0 Å². The maximum Gasteiger partial charge on any atom is 0.303 e. The molecule has 0 spiro atoms. The highest BCUT2D eigenvalue weighted by Gasteiger charge is 2.37. The lowest BCUT2D eigenvalue weighted by Crippen LogP contribution is -3.12. The summed E-state index contributed by atoms with van der Waals surface area (Å²) in [6.07, 6.45) is 0. The molecule has 0 radical (unpaired) electrons. The van der Waals surface area contributed by atoms with Crippen LogP contribution >= 0.6 is 23.2 Å². The molecule has 0 saturated heterocycles. The molecule has 1 unspecified atom stereocenters. The predicted octanol–water partition coefficient (Wildman–Crippen LogP) is 1.63. The molecule has 6 nitrogen and oxygen atoms in total. The third-order valence-corrected chi connectivity index (χ3v) is 4.54. The first-order chi connectivity index (χ1) is 12.4. The Hall–Kier alpha value is -2.41. The lowest BCUT2D eigenvalue weighted by Gasteiger charge is -2.21. The van der Waals surface area contributed by atoms with Gasteiger partial charge in [-0.25, -0.2) is 0 Å². The van der Waals surface area contributed by atoms with Crippen LogP contribution in [0.5, 0.6) is 0 Å². The summed E-state index contributed by atoms with van der Waals surface area (Å²) in [6.45, 7) is 0.279. The molecule has 0 fully saturated rings. The van der Waals surface area contributed by atoms with Crippen molar-refractivity contribution in [1.29, 1.82) is 0 Å². The number of hydrogen-bond donors (Lipinski definition) is 2. The third-order valence-electron chi connectivity index (χ3n) is 3.97. The number of carbonyl (C=O) groups is 3. The molecule has 2 amide bonds. The van der Waals surface area contributed by atoms with Gasteiger partial charge in [-0.05, 0) is 30.3 Å². The zero-order valence-electron chi connectivity index (χ0n) is 13.9. The van der Waals surface area contributed by atoms with Crippen molar-refractivity contribution in [2.75, 3.05) is 30.5 Å². The SMILES string of the molecule is C[NH+](CC(=O)Nc1ccccc1Cl)CN1C(=O)C(=O)c2cc(Cl)ccc21. The first-order valence-electron chi connectivity index (χ1n) is 7.88. The molecule has 134 valence electrons. The monoisotopic (exact) mass is 392 g/mol. The van der Waals surface area contributed by atoms with Crippen LogP contribution < -0.4 is 15.1 Å². The number of fused-ring (bicyclic) bond motifs is 1. The van der Waals surface area contributed by atoms with Gasteiger partial charge in [0.25, 0.3) is 11.7 Å². The summed E-state index contributed by atoms with van der Waals surface area (Å²) in [5.41, 5.74) is 1.32. The number of carbonyl (C=O) groups excluding carboxylic acids is 3. The Morgan fingerprint density at radius 3 is 2.62 bits per heavy atom. The largest absolute Gasteiger partial charge is 0.320 e. The summed E-state index contributed by atoms with van der Waals surface area (Å²) in [5, 5.41) is 3.58. The van der Waals surface area contributed by atoms with E-state index in [0.717, 1.165) is 4.90 Å². The number of rotatable bonds is 5. The summed E-state index contributed by atoms with van der Waals surface area (Å²) < 4.78 is 0. The number of ketones is 1. The number of amides is 2. The van der Waals surface area contributed by atoms with Gasteiger partial charge in [0, 0.05) is 5.02 Å². The summed E-state index contributed by atoms with van der Waals surface area (Å²) in [6, 6.07) is 11.7. The fourth-order valence-corrected chi connectivity index (χ4v) is 3.14. The number of halogens is 2. The maximum atomic E-state index is 12.2. The molecule has 26 heavy (non-hydrogen) atoms. The van der Waals surface area contributed by atoms with Crippen molar-refractivity contribution in [3.63, 3.8) is 0 Å². The molecule has 1 atom stereocenters. The minimum atomic E-state index is -0.617. The van der Waals surface area contributed by atoms with E-state index in [2.05, 4.69) is 5.32 Å². The Morgan fingerprint density at radius 2 is 1.88 bits per heavy atom. The normalized spacial score (nSPS) is 14.3. The van der Waals surface area contributed by atoms with Gasteiger partial charge in [-0.1, -0.05) is 35.3 Å². The van der Waals surface area contributed by atoms with Crippen molar-refractivity contribution < 1.29 is 19.3 Å². The number of likely N-dealkylation sites (N-methyl/N-ethyl adjacent to an activating group) is 1. The first kappa shape index (κ1) is 18.4. The van der Waals surface area contributed by atoms with Crippen molar-refractivity contribution in [3.05, 3.63) is 58.1 Å². The van der Waals surface area contributed by atoms with Gasteiger partial charge in [0.1, 0.15) is 0 Å². The molecule has 1 heterocycles. The van der Waals surface area contributed by atoms with E-state index in [-0.39, 0.29) is 24.7 Å². The van der Waals surface area contributed by atoms with Gasteiger partial charge in [0.05, 0.1) is 29.0 Å². The Morgan fingerprint density at radius 1 is 1.15 bits per heavy atom. The molecule has 0 aliphatic carbocycles. The third kappa shape index (κ3) is 3.72. The smallest absolute Gasteiger partial charge is 0.303 e. The van der Waals surface area contributed by atoms with E-state index in [1.165, 1.54) is 11.0 Å². The van der Waals surface area contributed by atoms with E-state index in [4.69, 9.17) is 23.2 Å². The molecule has 2 aromatic rings. The highest BCUT2D eigenvalue weighted by Crippen LogP contribution is 2.30. The van der Waals surface area contributed by atoms with E-state index in [9.17, 15) is 14.4 Å². The van der Waals surface area contributed by atoms with Crippen LogP contribution in [0.4, 0.5) is 11.4 Å². The predicted molar refractivity (Wildman–Crippen MR) is 100.0 cm³/mol. The van der Waals surface area contributed by atoms with Crippen LogP contribution in [0.3, 0.4) is 0 Å². The summed E-state index contributed by atoms with van der Waals surface area (Å²) in [4.78, 5) is 38.6. The molecule has 0 aromatic heterocycles. The highest BCUT2D eigenvalue weighted by atomic mass is 35.5. The molecule has 1 aliphatic heterocycles. The lowest BCUT2D eigenvalue weighted by molar-refractivity contribution is -0.869. The Labute approximate surface area is 160 Å². The van der Waals surface area contributed by atoms with E-state index in [0.29, 0.717) is 21.4 Å². The standard InChI is InChI=1S/C18H15Cl2N3O3/c1-22(9-16(24)21-14-5-3-2-4-13(14)20)10-23-15-7-6-11(19)8-12(15)17(25)18(23)26/h2-8H,9-10H2,1H3,(H,21,24)/p+1. The fourth-order valence-electron chi connectivity index (χ4n) is 2.79. The fraction of sp³-hybridized carbons (Fsp3) is 0.167. The van der Waals surface area contributed by atoms with Crippen LogP contribution in [-0.2, 0) is 9.59 Å². The number of para-hydroxylation sites is 1. The molecular formula is C18H16Cl2N3O3+. The molecule has 0 bridgehead atoms. The number of Topliss-reactive ketones (excluding diaryl/α,β-unsaturated/α-hetero) is 1. The Balaban J connectivity index is 1.66. The molecule has 0 saturated carbocycles. The average molecular weight is 393 g/mol. The van der Waals surface area contributed by atoms with Crippen molar-refractivity contribution in [3.8, 4) is 0 Å². The number of hydrogen-bond acceptors (Lipinski definition) is 3. The molecule has 2 aromatic carbocycles. The topological polar surface area (TPSA) is 70.9 Å². The zero-order chi connectivity index (χ0) is 18.8. The Kier molecular flexibility index (Phi) is 5.27. The van der Waals surface area contributed by atoms with Crippen LogP contribution in [-0.4, -0.2) is 37.9 Å². The van der Waals surface area contributed by atoms with Crippen LogP contribution in [0.25, 0.3) is 0 Å². The number of benzene rings is 2. The number of nitrogens with one attached hydrogen (secondary N) is 2. The zero-order valence-corrected chi connectivity index (χ0v) is 15.4. The van der Waals surface area contributed by atoms with E-state index < -0.39 is 11.7 Å². The lowest BCUT2D eigenvalue weighted by atomic mass is 10.1. The number of nitrogens with zero attached hydrogens (tertiary/aromatic N) is 1. The number of anilines is 2. The van der Waals surface area contributed by atoms with Crippen LogP contribution in [0, 0.1) is 0 Å². The molecule has 2 N–H and O–H groups in total. The van der Waals surface area contributed by atoms with Gasteiger partial charge in [0.15, 0.2) is 13.2 Å².